The van der Waals surface area contributed by atoms with Crippen molar-refractivity contribution in [1.29, 1.82) is 0 Å². The molecule has 5 rings (SSSR count). The maximum atomic E-state index is 12.9. The van der Waals surface area contributed by atoms with E-state index in [0.717, 1.165) is 42.8 Å². The number of rotatable bonds is 2. The van der Waals surface area contributed by atoms with Gasteiger partial charge in [-0.1, -0.05) is 12.1 Å². The van der Waals surface area contributed by atoms with E-state index in [1.807, 2.05) is 49.9 Å². The van der Waals surface area contributed by atoms with Crippen LogP contribution in [0.25, 0.3) is 0 Å². The smallest absolute Gasteiger partial charge is 0.410 e. The summed E-state index contributed by atoms with van der Waals surface area (Å²) < 4.78 is 11.8. The molecule has 2 fully saturated rings. The molecule has 2 aromatic carbocycles. The maximum Gasteiger partial charge on any atom is 0.410 e. The topological polar surface area (TPSA) is 85.1 Å². The summed E-state index contributed by atoms with van der Waals surface area (Å²) in [5, 5.41) is 0. The summed E-state index contributed by atoms with van der Waals surface area (Å²) in [6, 6.07) is 13.8. The third kappa shape index (κ3) is 3.55. The Kier molecular flexibility index (Phi) is 4.80. The molecule has 3 aliphatic rings. The number of anilines is 2. The summed E-state index contributed by atoms with van der Waals surface area (Å²) in [7, 11) is 0. The molecule has 7 heteroatoms. The monoisotopic (exact) mass is 435 g/mol. The van der Waals surface area contributed by atoms with E-state index < -0.39 is 11.5 Å². The first kappa shape index (κ1) is 20.7. The van der Waals surface area contributed by atoms with Crippen LogP contribution < -0.4 is 15.4 Å². The van der Waals surface area contributed by atoms with Gasteiger partial charge in [0.2, 0.25) is 5.91 Å². The lowest BCUT2D eigenvalue weighted by atomic mass is 9.94. The Morgan fingerprint density at radius 3 is 2.28 bits per heavy atom. The van der Waals surface area contributed by atoms with Crippen LogP contribution in [0.1, 0.15) is 56.8 Å². The van der Waals surface area contributed by atoms with Crippen molar-refractivity contribution in [2.45, 2.75) is 70.2 Å². The van der Waals surface area contributed by atoms with E-state index in [-0.39, 0.29) is 24.2 Å². The highest BCUT2D eigenvalue weighted by Gasteiger charge is 2.47. The Bertz CT molecular complexity index is 1060. The molecular formula is C25H29N3O4. The van der Waals surface area contributed by atoms with Crippen LogP contribution in [0.15, 0.2) is 42.5 Å². The standard InChI is InChI=1S/C25H29N3O4/c1-25(2,3)32-24(30)27-16-9-10-17(27)14-18(13-16)28-19-6-4-5-7-21(19)31-22-12-15(23(26)29)8-11-20(22)28/h4-8,11-12,16-18H,9-10,13-14H2,1-3H3,(H2,26,29)/t16-,17+,18?. The van der Waals surface area contributed by atoms with E-state index in [0.29, 0.717) is 11.3 Å². The van der Waals surface area contributed by atoms with Crippen molar-refractivity contribution in [3.05, 3.63) is 48.0 Å². The molecular weight excluding hydrogens is 406 g/mol. The average Bonchev–Trinajstić information content (AvgIpc) is 3.00. The van der Waals surface area contributed by atoms with Gasteiger partial charge in [0, 0.05) is 23.7 Å². The van der Waals surface area contributed by atoms with Gasteiger partial charge in [-0.25, -0.2) is 4.79 Å². The normalized spacial score (nSPS) is 23.8. The Morgan fingerprint density at radius 1 is 0.969 bits per heavy atom. The Morgan fingerprint density at radius 2 is 1.62 bits per heavy atom. The minimum Gasteiger partial charge on any atom is -0.453 e. The number of carbonyl (C=O) groups is 2. The van der Waals surface area contributed by atoms with Crippen LogP contribution in [0.3, 0.4) is 0 Å². The van der Waals surface area contributed by atoms with Gasteiger partial charge in [-0.2, -0.15) is 0 Å². The van der Waals surface area contributed by atoms with Gasteiger partial charge in [0.25, 0.3) is 0 Å². The molecule has 0 aromatic heterocycles. The van der Waals surface area contributed by atoms with E-state index in [1.54, 1.807) is 12.1 Å². The number of piperidine rings is 1. The molecule has 32 heavy (non-hydrogen) atoms. The van der Waals surface area contributed by atoms with Crippen LogP contribution >= 0.6 is 0 Å². The van der Waals surface area contributed by atoms with Gasteiger partial charge in [-0.05, 0) is 76.8 Å². The van der Waals surface area contributed by atoms with Crippen molar-refractivity contribution >= 4 is 23.4 Å². The van der Waals surface area contributed by atoms with Crippen LogP contribution in [-0.4, -0.2) is 40.6 Å². The molecule has 2 bridgehead atoms. The third-order valence-corrected chi connectivity index (χ3v) is 6.53. The van der Waals surface area contributed by atoms with E-state index >= 15 is 0 Å². The molecule has 1 unspecified atom stereocenters. The minimum absolute atomic E-state index is 0.150. The van der Waals surface area contributed by atoms with Crippen LogP contribution in [0, 0.1) is 0 Å². The van der Waals surface area contributed by atoms with Crippen LogP contribution in [-0.2, 0) is 4.74 Å². The average molecular weight is 436 g/mol. The molecule has 3 aliphatic heterocycles. The van der Waals surface area contributed by atoms with Crippen molar-refractivity contribution < 1.29 is 19.1 Å². The van der Waals surface area contributed by atoms with Crippen molar-refractivity contribution in [3.63, 3.8) is 0 Å². The summed E-state index contributed by atoms with van der Waals surface area (Å²) in [6.07, 6.45) is 3.46. The maximum absolute atomic E-state index is 12.9. The molecule has 0 radical (unpaired) electrons. The van der Waals surface area contributed by atoms with Crippen molar-refractivity contribution in [2.24, 2.45) is 5.73 Å². The van der Waals surface area contributed by atoms with Crippen LogP contribution in [0.4, 0.5) is 16.2 Å². The molecule has 3 atom stereocenters. The first-order valence-electron chi connectivity index (χ1n) is 11.2. The SMILES string of the molecule is CC(C)(C)OC(=O)N1[C@@H]2CC[C@H]1CC(N1c3ccccc3Oc3cc(C(N)=O)ccc31)C2. The number of nitrogens with two attached hydrogens (primary N) is 1. The van der Waals surface area contributed by atoms with Gasteiger partial charge in [0.1, 0.15) is 5.60 Å². The highest BCUT2D eigenvalue weighted by Crippen LogP contribution is 2.51. The predicted octanol–water partition coefficient (Wildman–Crippen LogP) is 4.96. The fourth-order valence-corrected chi connectivity index (χ4v) is 5.30. The molecule has 168 valence electrons. The predicted molar refractivity (Wildman–Crippen MR) is 122 cm³/mol. The lowest BCUT2D eigenvalue weighted by Gasteiger charge is -2.45. The molecule has 2 N–H and O–H groups in total. The van der Waals surface area contributed by atoms with Gasteiger partial charge in [0.05, 0.1) is 11.4 Å². The second kappa shape index (κ2) is 7.43. The zero-order chi connectivity index (χ0) is 22.6. The number of hydrogen-bond donors (Lipinski definition) is 1. The number of primary amides is 1. The first-order valence-corrected chi connectivity index (χ1v) is 11.2. The summed E-state index contributed by atoms with van der Waals surface area (Å²) >= 11 is 0. The summed E-state index contributed by atoms with van der Waals surface area (Å²) in [5.74, 6) is 0.899. The van der Waals surface area contributed by atoms with Gasteiger partial charge in [0.15, 0.2) is 11.5 Å². The van der Waals surface area contributed by atoms with Crippen molar-refractivity contribution in [2.75, 3.05) is 4.90 Å². The number of benzene rings is 2. The molecule has 2 amide bonds. The number of fused-ring (bicyclic) bond motifs is 4. The zero-order valence-electron chi connectivity index (χ0n) is 18.7. The van der Waals surface area contributed by atoms with Gasteiger partial charge in [-0.15, -0.1) is 0 Å². The van der Waals surface area contributed by atoms with E-state index in [1.165, 1.54) is 0 Å². The zero-order valence-corrected chi connectivity index (χ0v) is 18.7. The lowest BCUT2D eigenvalue weighted by molar-refractivity contribution is 0.00612. The Balaban J connectivity index is 1.47. The van der Waals surface area contributed by atoms with Gasteiger partial charge in [-0.3, -0.25) is 4.79 Å². The van der Waals surface area contributed by atoms with E-state index in [4.69, 9.17) is 15.2 Å². The molecule has 0 spiro atoms. The highest BCUT2D eigenvalue weighted by molar-refractivity contribution is 5.94. The quantitative estimate of drug-likeness (QED) is 0.721. The number of carbonyl (C=O) groups excluding carboxylic acids is 2. The summed E-state index contributed by atoms with van der Waals surface area (Å²) in [6.45, 7) is 5.71. The Labute approximate surface area is 188 Å². The summed E-state index contributed by atoms with van der Waals surface area (Å²) in [4.78, 5) is 28.9. The molecule has 0 aliphatic carbocycles. The molecule has 2 aromatic rings. The molecule has 3 heterocycles. The van der Waals surface area contributed by atoms with Crippen molar-refractivity contribution in [3.8, 4) is 11.5 Å². The highest BCUT2D eigenvalue weighted by atomic mass is 16.6. The molecule has 7 nitrogen and oxygen atoms in total. The van der Waals surface area contributed by atoms with E-state index in [2.05, 4.69) is 11.0 Å². The second-order valence-corrected chi connectivity index (χ2v) is 9.88. The van der Waals surface area contributed by atoms with E-state index in [9.17, 15) is 9.59 Å². The van der Waals surface area contributed by atoms with Crippen LogP contribution in [0.5, 0.6) is 11.5 Å². The number of hydrogen-bond acceptors (Lipinski definition) is 5. The first-order chi connectivity index (χ1) is 15.2. The molecule has 0 saturated carbocycles. The van der Waals surface area contributed by atoms with Crippen molar-refractivity contribution in [1.82, 2.24) is 4.90 Å². The lowest BCUT2D eigenvalue weighted by Crippen LogP contribution is -2.53. The fourth-order valence-electron chi connectivity index (χ4n) is 5.30. The van der Waals surface area contributed by atoms with Gasteiger partial charge >= 0.3 is 6.09 Å². The minimum atomic E-state index is -0.506. The fraction of sp³-hybridized carbons (Fsp3) is 0.440. The number of amides is 2. The van der Waals surface area contributed by atoms with Gasteiger partial charge < -0.3 is 25.0 Å². The number of ether oxygens (including phenoxy) is 2. The summed E-state index contributed by atoms with van der Waals surface area (Å²) in [5.41, 5.74) is 7.33. The third-order valence-electron chi connectivity index (χ3n) is 6.53. The largest absolute Gasteiger partial charge is 0.453 e. The second-order valence-electron chi connectivity index (χ2n) is 9.88. The molecule has 2 saturated heterocycles. The number of nitrogens with zero attached hydrogens (tertiary/aromatic N) is 2. The number of para-hydroxylation sites is 2. The Hall–Kier alpha value is -3.22. The van der Waals surface area contributed by atoms with Crippen LogP contribution in [0.2, 0.25) is 0 Å².